The van der Waals surface area contributed by atoms with E-state index in [2.05, 4.69) is 15.9 Å². The van der Waals surface area contributed by atoms with Gasteiger partial charge < -0.3 is 13.9 Å². The average Bonchev–Trinajstić information content (AvgIpc) is 3.15. The van der Waals surface area contributed by atoms with Gasteiger partial charge in [-0.15, -0.1) is 0 Å². The largest absolute Gasteiger partial charge is 0.468 e. The molecular weight excluding hydrogens is 316 g/mol. The topological polar surface area (TPSA) is 38.1 Å². The SMILES string of the molecule is COC[C@]12CC[C@H](N3CCOCC3)C[C@@H]1CCN(Cc1ccco1)C2. The first-order valence-corrected chi connectivity index (χ1v) is 9.84. The molecule has 3 atom stereocenters. The zero-order chi connectivity index (χ0) is 17.1. The summed E-state index contributed by atoms with van der Waals surface area (Å²) >= 11 is 0. The van der Waals surface area contributed by atoms with Crippen molar-refractivity contribution >= 4 is 0 Å². The minimum atomic E-state index is 0.322. The van der Waals surface area contributed by atoms with Crippen LogP contribution in [0.3, 0.4) is 0 Å². The smallest absolute Gasteiger partial charge is 0.117 e. The van der Waals surface area contributed by atoms with Crippen LogP contribution in [0.15, 0.2) is 22.8 Å². The van der Waals surface area contributed by atoms with Crippen LogP contribution in [0.5, 0.6) is 0 Å². The molecule has 25 heavy (non-hydrogen) atoms. The highest BCUT2D eigenvalue weighted by Crippen LogP contribution is 2.48. The lowest BCUT2D eigenvalue weighted by molar-refractivity contribution is -0.0878. The van der Waals surface area contributed by atoms with Crippen molar-refractivity contribution in [3.8, 4) is 0 Å². The first-order chi connectivity index (χ1) is 12.3. The van der Waals surface area contributed by atoms with Gasteiger partial charge in [-0.25, -0.2) is 0 Å². The predicted octanol–water partition coefficient (Wildman–Crippen LogP) is 2.62. The fourth-order valence-electron chi connectivity index (χ4n) is 5.40. The Kier molecular flexibility index (Phi) is 5.46. The summed E-state index contributed by atoms with van der Waals surface area (Å²) in [5.74, 6) is 1.86. The molecule has 1 saturated carbocycles. The minimum absolute atomic E-state index is 0.322. The standard InChI is InChI=1S/C20H32N2O3/c1-23-16-20-6-4-18(22-8-11-24-12-9-22)13-17(20)5-7-21(15-20)14-19-3-2-10-25-19/h2-3,10,17-18H,4-9,11-16H2,1H3/t17-,18-,20+/m0/s1. The first-order valence-electron chi connectivity index (χ1n) is 9.84. The number of morpholine rings is 1. The molecule has 0 bridgehead atoms. The van der Waals surface area contributed by atoms with Crippen LogP contribution in [0.1, 0.15) is 31.4 Å². The molecule has 0 aromatic carbocycles. The zero-order valence-electron chi connectivity index (χ0n) is 15.5. The number of furan rings is 1. The maximum absolute atomic E-state index is 5.72. The monoisotopic (exact) mass is 348 g/mol. The van der Waals surface area contributed by atoms with E-state index in [9.17, 15) is 0 Å². The van der Waals surface area contributed by atoms with Crippen LogP contribution in [0, 0.1) is 11.3 Å². The Balaban J connectivity index is 1.42. The lowest BCUT2D eigenvalue weighted by Gasteiger charge is -2.54. The van der Waals surface area contributed by atoms with Crippen molar-refractivity contribution in [2.24, 2.45) is 11.3 Å². The number of ether oxygens (including phenoxy) is 2. The summed E-state index contributed by atoms with van der Waals surface area (Å²) in [4.78, 5) is 5.25. The van der Waals surface area contributed by atoms with Crippen LogP contribution in [0.2, 0.25) is 0 Å². The summed E-state index contributed by atoms with van der Waals surface area (Å²) in [7, 11) is 1.87. The quantitative estimate of drug-likeness (QED) is 0.818. The Bertz CT molecular complexity index is 529. The molecule has 2 saturated heterocycles. The van der Waals surface area contributed by atoms with Crippen molar-refractivity contribution in [3.05, 3.63) is 24.2 Å². The number of fused-ring (bicyclic) bond motifs is 1. The van der Waals surface area contributed by atoms with Gasteiger partial charge in [0.1, 0.15) is 5.76 Å². The van der Waals surface area contributed by atoms with Crippen molar-refractivity contribution in [1.29, 1.82) is 0 Å². The zero-order valence-corrected chi connectivity index (χ0v) is 15.5. The summed E-state index contributed by atoms with van der Waals surface area (Å²) in [5.41, 5.74) is 0.322. The van der Waals surface area contributed by atoms with Crippen LogP contribution >= 0.6 is 0 Å². The maximum atomic E-state index is 5.72. The summed E-state index contributed by atoms with van der Waals surface area (Å²) in [6.07, 6.45) is 6.97. The fraction of sp³-hybridized carbons (Fsp3) is 0.800. The molecule has 5 nitrogen and oxygen atoms in total. The molecule has 0 N–H and O–H groups in total. The number of rotatable bonds is 5. The van der Waals surface area contributed by atoms with E-state index in [4.69, 9.17) is 13.9 Å². The van der Waals surface area contributed by atoms with E-state index in [1.165, 1.54) is 32.2 Å². The molecule has 5 heteroatoms. The number of likely N-dealkylation sites (tertiary alicyclic amines) is 1. The second-order valence-corrected chi connectivity index (χ2v) is 8.15. The van der Waals surface area contributed by atoms with Gasteiger partial charge in [0.15, 0.2) is 0 Å². The van der Waals surface area contributed by atoms with E-state index in [-0.39, 0.29) is 0 Å². The summed E-state index contributed by atoms with van der Waals surface area (Å²) in [6, 6.07) is 4.82. The number of hydrogen-bond donors (Lipinski definition) is 0. The number of piperidine rings is 1. The van der Waals surface area contributed by atoms with E-state index >= 15 is 0 Å². The number of methoxy groups -OCH3 is 1. The molecule has 1 aromatic heterocycles. The highest BCUT2D eigenvalue weighted by Gasteiger charge is 2.47. The molecule has 0 radical (unpaired) electrons. The van der Waals surface area contributed by atoms with Gasteiger partial charge in [-0.05, 0) is 50.3 Å². The average molecular weight is 348 g/mol. The third kappa shape index (κ3) is 3.80. The van der Waals surface area contributed by atoms with Gasteiger partial charge in [-0.3, -0.25) is 9.80 Å². The minimum Gasteiger partial charge on any atom is -0.468 e. The van der Waals surface area contributed by atoms with Crippen molar-refractivity contribution in [2.45, 2.75) is 38.3 Å². The van der Waals surface area contributed by atoms with Gasteiger partial charge in [-0.2, -0.15) is 0 Å². The first kappa shape index (κ1) is 17.5. The van der Waals surface area contributed by atoms with Crippen LogP contribution in [-0.4, -0.2) is 69.0 Å². The Morgan fingerprint density at radius 1 is 1.24 bits per heavy atom. The lowest BCUT2D eigenvalue weighted by atomic mass is 9.62. The molecule has 0 unspecified atom stereocenters. The van der Waals surface area contributed by atoms with E-state index in [1.807, 2.05) is 13.2 Å². The highest BCUT2D eigenvalue weighted by atomic mass is 16.5. The van der Waals surface area contributed by atoms with Gasteiger partial charge in [-0.1, -0.05) is 0 Å². The molecule has 2 aliphatic heterocycles. The molecule has 4 rings (SSSR count). The summed E-state index contributed by atoms with van der Waals surface area (Å²) in [6.45, 7) is 8.16. The highest BCUT2D eigenvalue weighted by molar-refractivity contribution is 5.03. The second-order valence-electron chi connectivity index (χ2n) is 8.15. The third-order valence-electron chi connectivity index (χ3n) is 6.68. The Labute approximate surface area is 151 Å². The molecule has 3 fully saturated rings. The molecule has 1 aromatic rings. The van der Waals surface area contributed by atoms with Crippen LogP contribution in [0.4, 0.5) is 0 Å². The van der Waals surface area contributed by atoms with Gasteiger partial charge in [0.05, 0.1) is 32.6 Å². The Hall–Kier alpha value is -0.880. The molecule has 1 aliphatic carbocycles. The van der Waals surface area contributed by atoms with Gasteiger partial charge in [0.2, 0.25) is 0 Å². The number of nitrogens with zero attached hydrogens (tertiary/aromatic N) is 2. The van der Waals surface area contributed by atoms with E-state index in [0.29, 0.717) is 5.41 Å². The van der Waals surface area contributed by atoms with Crippen molar-refractivity contribution in [3.63, 3.8) is 0 Å². The molecular formula is C20H32N2O3. The molecule has 0 amide bonds. The number of hydrogen-bond acceptors (Lipinski definition) is 5. The third-order valence-corrected chi connectivity index (χ3v) is 6.68. The van der Waals surface area contributed by atoms with Gasteiger partial charge in [0, 0.05) is 38.2 Å². The van der Waals surface area contributed by atoms with Crippen molar-refractivity contribution in [1.82, 2.24) is 9.80 Å². The lowest BCUT2D eigenvalue weighted by Crippen LogP contribution is -2.56. The maximum Gasteiger partial charge on any atom is 0.117 e. The van der Waals surface area contributed by atoms with Crippen LogP contribution in [0.25, 0.3) is 0 Å². The second kappa shape index (κ2) is 7.78. The predicted molar refractivity (Wildman–Crippen MR) is 96.4 cm³/mol. The molecule has 0 spiro atoms. The normalized spacial score (nSPS) is 34.8. The Morgan fingerprint density at radius 3 is 2.88 bits per heavy atom. The summed E-state index contributed by atoms with van der Waals surface area (Å²) < 4.78 is 16.8. The van der Waals surface area contributed by atoms with E-state index < -0.39 is 0 Å². The van der Waals surface area contributed by atoms with Crippen molar-refractivity contribution in [2.75, 3.05) is 53.1 Å². The summed E-state index contributed by atoms with van der Waals surface area (Å²) in [5, 5.41) is 0. The fourth-order valence-corrected chi connectivity index (χ4v) is 5.40. The van der Waals surface area contributed by atoms with E-state index in [0.717, 1.165) is 63.7 Å². The Morgan fingerprint density at radius 2 is 2.12 bits per heavy atom. The van der Waals surface area contributed by atoms with E-state index in [1.54, 1.807) is 6.26 Å². The van der Waals surface area contributed by atoms with Gasteiger partial charge in [0.25, 0.3) is 0 Å². The van der Waals surface area contributed by atoms with Crippen molar-refractivity contribution < 1.29 is 13.9 Å². The molecule has 3 heterocycles. The molecule has 3 aliphatic rings. The van der Waals surface area contributed by atoms with Crippen LogP contribution < -0.4 is 0 Å². The van der Waals surface area contributed by atoms with Crippen LogP contribution in [-0.2, 0) is 16.0 Å². The molecule has 140 valence electrons. The van der Waals surface area contributed by atoms with Gasteiger partial charge >= 0.3 is 0 Å².